The van der Waals surface area contributed by atoms with Gasteiger partial charge in [0.25, 0.3) is 5.91 Å². The summed E-state index contributed by atoms with van der Waals surface area (Å²) in [4.78, 5) is 11.9. The predicted molar refractivity (Wildman–Crippen MR) is 78.6 cm³/mol. The average molecular weight is 312 g/mol. The zero-order valence-corrected chi connectivity index (χ0v) is 12.0. The number of hydrogen-bond donors (Lipinski definition) is 1. The standard InChI is InChI=1S/C15H12Cl2FNO/c16-8-10-2-1-3-11(6-10)9-19-15(20)13-7-12(17)4-5-14(13)18/h1-7H,8-9H2,(H,19,20). The number of carbonyl (C=O) groups excluding carboxylic acids is 1. The van der Waals surface area contributed by atoms with Crippen molar-refractivity contribution < 1.29 is 9.18 Å². The van der Waals surface area contributed by atoms with Crippen LogP contribution in [-0.2, 0) is 12.4 Å². The molecule has 2 nitrogen and oxygen atoms in total. The van der Waals surface area contributed by atoms with Crippen molar-refractivity contribution in [3.63, 3.8) is 0 Å². The van der Waals surface area contributed by atoms with Crippen LogP contribution in [0.15, 0.2) is 42.5 Å². The summed E-state index contributed by atoms with van der Waals surface area (Å²) < 4.78 is 13.5. The zero-order chi connectivity index (χ0) is 14.5. The lowest BCUT2D eigenvalue weighted by atomic mass is 10.1. The molecule has 0 saturated carbocycles. The van der Waals surface area contributed by atoms with Crippen molar-refractivity contribution in [3.05, 3.63) is 70.0 Å². The monoisotopic (exact) mass is 311 g/mol. The summed E-state index contributed by atoms with van der Waals surface area (Å²) in [5.74, 6) is -0.687. The Bertz CT molecular complexity index is 631. The molecule has 2 aromatic carbocycles. The second kappa shape index (κ2) is 6.73. The van der Waals surface area contributed by atoms with Crippen molar-refractivity contribution in [1.29, 1.82) is 0 Å². The van der Waals surface area contributed by atoms with E-state index in [2.05, 4.69) is 5.32 Å². The van der Waals surface area contributed by atoms with Crippen LogP contribution in [0.4, 0.5) is 4.39 Å². The molecule has 1 N–H and O–H groups in total. The second-order valence-corrected chi connectivity index (χ2v) is 4.96. The molecule has 0 aliphatic carbocycles. The number of hydrogen-bond acceptors (Lipinski definition) is 1. The fourth-order valence-corrected chi connectivity index (χ4v) is 2.11. The van der Waals surface area contributed by atoms with Crippen molar-refractivity contribution in [2.75, 3.05) is 0 Å². The molecule has 0 radical (unpaired) electrons. The van der Waals surface area contributed by atoms with Crippen molar-refractivity contribution in [2.45, 2.75) is 12.4 Å². The summed E-state index contributed by atoms with van der Waals surface area (Å²) >= 11 is 11.5. The zero-order valence-electron chi connectivity index (χ0n) is 10.5. The number of halogens is 3. The summed E-state index contributed by atoms with van der Waals surface area (Å²) in [5, 5.41) is 2.97. The van der Waals surface area contributed by atoms with Crippen molar-refractivity contribution in [1.82, 2.24) is 5.32 Å². The maximum absolute atomic E-state index is 13.5. The predicted octanol–water partition coefficient (Wildman–Crippen LogP) is 4.15. The molecule has 104 valence electrons. The van der Waals surface area contributed by atoms with Gasteiger partial charge in [-0.15, -0.1) is 11.6 Å². The molecule has 0 aliphatic rings. The van der Waals surface area contributed by atoms with Gasteiger partial charge in [0.15, 0.2) is 0 Å². The fourth-order valence-electron chi connectivity index (χ4n) is 1.77. The Morgan fingerprint density at radius 3 is 2.65 bits per heavy atom. The first-order valence-corrected chi connectivity index (χ1v) is 6.88. The Balaban J connectivity index is 2.06. The van der Waals surface area contributed by atoms with Gasteiger partial charge in [-0.25, -0.2) is 4.39 Å². The minimum absolute atomic E-state index is 0.0639. The van der Waals surface area contributed by atoms with E-state index in [-0.39, 0.29) is 5.56 Å². The van der Waals surface area contributed by atoms with E-state index in [1.165, 1.54) is 18.2 Å². The Hall–Kier alpha value is -1.58. The Morgan fingerprint density at radius 2 is 1.90 bits per heavy atom. The smallest absolute Gasteiger partial charge is 0.254 e. The number of carbonyl (C=O) groups is 1. The molecule has 2 aromatic rings. The third-order valence-electron chi connectivity index (χ3n) is 2.77. The van der Waals surface area contributed by atoms with E-state index in [1.54, 1.807) is 0 Å². The van der Waals surface area contributed by atoms with E-state index in [4.69, 9.17) is 23.2 Å². The fraction of sp³-hybridized carbons (Fsp3) is 0.133. The molecule has 0 fully saturated rings. The number of nitrogens with one attached hydrogen (secondary N) is 1. The largest absolute Gasteiger partial charge is 0.348 e. The van der Waals surface area contributed by atoms with Gasteiger partial charge in [0.2, 0.25) is 0 Å². The molecule has 0 aromatic heterocycles. The lowest BCUT2D eigenvalue weighted by Crippen LogP contribution is -2.23. The molecule has 0 saturated heterocycles. The molecule has 0 heterocycles. The minimum atomic E-state index is -0.596. The molecule has 20 heavy (non-hydrogen) atoms. The van der Waals surface area contributed by atoms with Crippen LogP contribution in [0.5, 0.6) is 0 Å². The summed E-state index contributed by atoms with van der Waals surface area (Å²) in [7, 11) is 0. The first-order chi connectivity index (χ1) is 9.60. The Kier molecular flexibility index (Phi) is 4.99. The SMILES string of the molecule is O=C(NCc1cccc(CCl)c1)c1cc(Cl)ccc1F. The maximum Gasteiger partial charge on any atom is 0.254 e. The van der Waals surface area contributed by atoms with E-state index in [0.717, 1.165) is 11.1 Å². The molecule has 1 amide bonds. The molecule has 0 atom stereocenters. The molecule has 0 unspecified atom stereocenters. The van der Waals surface area contributed by atoms with Crippen LogP contribution in [0.1, 0.15) is 21.5 Å². The summed E-state index contributed by atoms with van der Waals surface area (Å²) in [6.45, 7) is 0.301. The van der Waals surface area contributed by atoms with Crippen LogP contribution in [0, 0.1) is 5.82 Å². The summed E-state index contributed by atoms with van der Waals surface area (Å²) in [6.07, 6.45) is 0. The van der Waals surface area contributed by atoms with Gasteiger partial charge >= 0.3 is 0 Å². The van der Waals surface area contributed by atoms with Gasteiger partial charge < -0.3 is 5.32 Å². The van der Waals surface area contributed by atoms with Crippen LogP contribution < -0.4 is 5.32 Å². The first kappa shape index (κ1) is 14.8. The summed E-state index contributed by atoms with van der Waals surface area (Å²) in [5.41, 5.74) is 1.80. The minimum Gasteiger partial charge on any atom is -0.348 e. The molecular weight excluding hydrogens is 300 g/mol. The molecule has 0 spiro atoms. The highest BCUT2D eigenvalue weighted by Gasteiger charge is 2.11. The van der Waals surface area contributed by atoms with Gasteiger partial charge in [0.1, 0.15) is 5.82 Å². The van der Waals surface area contributed by atoms with Gasteiger partial charge in [0.05, 0.1) is 5.56 Å². The lowest BCUT2D eigenvalue weighted by molar-refractivity contribution is 0.0947. The Morgan fingerprint density at radius 1 is 1.15 bits per heavy atom. The van der Waals surface area contributed by atoms with Crippen LogP contribution in [-0.4, -0.2) is 5.91 Å². The highest BCUT2D eigenvalue weighted by molar-refractivity contribution is 6.31. The van der Waals surface area contributed by atoms with Crippen molar-refractivity contribution in [3.8, 4) is 0 Å². The topological polar surface area (TPSA) is 29.1 Å². The molecule has 0 bridgehead atoms. The molecular formula is C15H12Cl2FNO. The number of benzene rings is 2. The van der Waals surface area contributed by atoms with E-state index >= 15 is 0 Å². The van der Waals surface area contributed by atoms with Gasteiger partial charge in [-0.05, 0) is 29.3 Å². The molecule has 0 aliphatic heterocycles. The van der Waals surface area contributed by atoms with Crippen LogP contribution >= 0.6 is 23.2 Å². The summed E-state index contributed by atoms with van der Waals surface area (Å²) in [6, 6.07) is 11.4. The van der Waals surface area contributed by atoms with Gasteiger partial charge in [0, 0.05) is 17.4 Å². The highest BCUT2D eigenvalue weighted by Crippen LogP contribution is 2.15. The maximum atomic E-state index is 13.5. The van der Waals surface area contributed by atoms with Crippen LogP contribution in [0.25, 0.3) is 0 Å². The quantitative estimate of drug-likeness (QED) is 0.844. The van der Waals surface area contributed by atoms with Crippen molar-refractivity contribution >= 4 is 29.1 Å². The number of rotatable bonds is 4. The van der Waals surface area contributed by atoms with E-state index in [1.807, 2.05) is 24.3 Å². The third-order valence-corrected chi connectivity index (χ3v) is 3.32. The third kappa shape index (κ3) is 3.71. The van der Waals surface area contributed by atoms with Crippen LogP contribution in [0.3, 0.4) is 0 Å². The second-order valence-electron chi connectivity index (χ2n) is 4.26. The van der Waals surface area contributed by atoms with E-state index in [0.29, 0.717) is 17.4 Å². The normalized spacial score (nSPS) is 10.3. The first-order valence-electron chi connectivity index (χ1n) is 5.97. The Labute approximate surface area is 126 Å². The number of alkyl halides is 1. The van der Waals surface area contributed by atoms with E-state index in [9.17, 15) is 9.18 Å². The van der Waals surface area contributed by atoms with Crippen LogP contribution in [0.2, 0.25) is 5.02 Å². The number of amides is 1. The van der Waals surface area contributed by atoms with Crippen molar-refractivity contribution in [2.24, 2.45) is 0 Å². The van der Waals surface area contributed by atoms with Gasteiger partial charge in [-0.3, -0.25) is 4.79 Å². The lowest BCUT2D eigenvalue weighted by Gasteiger charge is -2.07. The highest BCUT2D eigenvalue weighted by atomic mass is 35.5. The van der Waals surface area contributed by atoms with Gasteiger partial charge in [-0.1, -0.05) is 35.9 Å². The molecule has 2 rings (SSSR count). The van der Waals surface area contributed by atoms with E-state index < -0.39 is 11.7 Å². The molecule has 5 heteroatoms. The van der Waals surface area contributed by atoms with Gasteiger partial charge in [-0.2, -0.15) is 0 Å². The average Bonchev–Trinajstić information content (AvgIpc) is 2.47.